The molecule has 0 fully saturated rings. The Morgan fingerprint density at radius 3 is 2.52 bits per heavy atom. The third-order valence-electron chi connectivity index (χ3n) is 3.11. The highest BCUT2D eigenvalue weighted by molar-refractivity contribution is 5.85. The van der Waals surface area contributed by atoms with Crippen LogP contribution in [0.25, 0.3) is 11.6 Å². The molecular weight excluding hydrogens is 305 g/mol. The molecule has 0 unspecified atom stereocenters. The van der Waals surface area contributed by atoms with E-state index in [0.717, 1.165) is 5.56 Å². The maximum Gasteiger partial charge on any atom is 0.452 e. The first-order chi connectivity index (χ1) is 9.55. The second kappa shape index (κ2) is 5.91. The van der Waals surface area contributed by atoms with Crippen molar-refractivity contribution in [3.8, 4) is 0 Å². The molecule has 2 heterocycles. The van der Waals surface area contributed by atoms with Crippen LogP contribution < -0.4 is 5.32 Å². The molecule has 21 heavy (non-hydrogen) atoms. The predicted molar refractivity (Wildman–Crippen MR) is 74.8 cm³/mol. The van der Waals surface area contributed by atoms with Crippen LogP contribution in [0.3, 0.4) is 0 Å². The first-order valence-corrected chi connectivity index (χ1v) is 6.08. The summed E-state index contributed by atoms with van der Waals surface area (Å²) in [6.45, 7) is 0.575. The van der Waals surface area contributed by atoms with Crippen LogP contribution in [0.5, 0.6) is 0 Å². The van der Waals surface area contributed by atoms with Crippen LogP contribution in [0, 0.1) is 0 Å². The average Bonchev–Trinajstić information content (AvgIpc) is 2.85. The van der Waals surface area contributed by atoms with Crippen molar-refractivity contribution in [1.82, 2.24) is 10.5 Å². The maximum atomic E-state index is 12.8. The van der Waals surface area contributed by atoms with E-state index in [1.165, 1.54) is 0 Å². The molecule has 0 atom stereocenters. The third kappa shape index (κ3) is 3.11. The van der Waals surface area contributed by atoms with E-state index in [9.17, 15) is 13.2 Å². The van der Waals surface area contributed by atoms with Crippen LogP contribution in [0.1, 0.15) is 22.6 Å². The lowest BCUT2D eigenvalue weighted by molar-refractivity contribution is -0.156. The molecule has 1 aromatic carbocycles. The molecule has 0 bridgehead atoms. The van der Waals surface area contributed by atoms with Gasteiger partial charge in [0.1, 0.15) is 5.69 Å². The SMILES string of the molecule is Cl.FC(F)(F)c1onc2c1CNC/C2=C\c1ccccc1. The molecule has 3 nitrogen and oxygen atoms in total. The van der Waals surface area contributed by atoms with Gasteiger partial charge in [0.15, 0.2) is 0 Å². The number of hydrogen-bond acceptors (Lipinski definition) is 3. The van der Waals surface area contributed by atoms with Crippen molar-refractivity contribution in [2.45, 2.75) is 12.7 Å². The highest BCUT2D eigenvalue weighted by Gasteiger charge is 2.41. The van der Waals surface area contributed by atoms with Gasteiger partial charge in [-0.2, -0.15) is 13.2 Å². The van der Waals surface area contributed by atoms with Crippen LogP contribution in [0.2, 0.25) is 0 Å². The molecule has 7 heteroatoms. The van der Waals surface area contributed by atoms with Gasteiger partial charge in [-0.1, -0.05) is 35.5 Å². The number of fused-ring (bicyclic) bond motifs is 1. The monoisotopic (exact) mass is 316 g/mol. The van der Waals surface area contributed by atoms with E-state index in [1.807, 2.05) is 36.4 Å². The number of benzene rings is 1. The molecule has 0 aliphatic carbocycles. The molecule has 0 saturated carbocycles. The minimum atomic E-state index is -4.52. The van der Waals surface area contributed by atoms with Gasteiger partial charge in [-0.3, -0.25) is 0 Å². The first kappa shape index (κ1) is 15.6. The van der Waals surface area contributed by atoms with Crippen LogP contribution >= 0.6 is 12.4 Å². The standard InChI is InChI=1S/C14H11F3N2O.ClH/c15-14(16,17)13-11-8-18-7-10(12(11)19-20-13)6-9-4-2-1-3-5-9;/h1-6,18H,7-8H2;1H/b10-6+;. The molecule has 0 radical (unpaired) electrons. The summed E-state index contributed by atoms with van der Waals surface area (Å²) in [7, 11) is 0. The number of rotatable bonds is 1. The molecule has 3 rings (SSSR count). The summed E-state index contributed by atoms with van der Waals surface area (Å²) in [6.07, 6.45) is -2.70. The number of alkyl halides is 3. The predicted octanol–water partition coefficient (Wildman–Crippen LogP) is 3.76. The van der Waals surface area contributed by atoms with Crippen molar-refractivity contribution in [2.24, 2.45) is 0 Å². The zero-order valence-corrected chi connectivity index (χ0v) is 11.6. The maximum absolute atomic E-state index is 12.8. The van der Waals surface area contributed by atoms with Gasteiger partial charge in [0.25, 0.3) is 0 Å². The fourth-order valence-corrected chi connectivity index (χ4v) is 2.22. The van der Waals surface area contributed by atoms with Gasteiger partial charge in [-0.05, 0) is 17.2 Å². The normalized spacial score (nSPS) is 16.4. The zero-order chi connectivity index (χ0) is 14.2. The Morgan fingerprint density at radius 2 is 1.86 bits per heavy atom. The summed E-state index contributed by atoms with van der Waals surface area (Å²) in [6, 6.07) is 9.38. The minimum absolute atomic E-state index is 0. The molecule has 1 N–H and O–H groups in total. The fourth-order valence-electron chi connectivity index (χ4n) is 2.22. The zero-order valence-electron chi connectivity index (χ0n) is 10.8. The summed E-state index contributed by atoms with van der Waals surface area (Å²) in [4.78, 5) is 0. The average molecular weight is 317 g/mol. The summed E-state index contributed by atoms with van der Waals surface area (Å²) in [5, 5.41) is 6.54. The number of halogens is 4. The lowest BCUT2D eigenvalue weighted by Crippen LogP contribution is -2.24. The second-order valence-electron chi connectivity index (χ2n) is 4.52. The summed E-state index contributed by atoms with van der Waals surface area (Å²) in [5.41, 5.74) is 1.97. The van der Waals surface area contributed by atoms with Gasteiger partial charge in [0, 0.05) is 18.7 Å². The van der Waals surface area contributed by atoms with Gasteiger partial charge in [-0.15, -0.1) is 12.4 Å². The van der Waals surface area contributed by atoms with Crippen molar-refractivity contribution in [1.29, 1.82) is 0 Å². The summed E-state index contributed by atoms with van der Waals surface area (Å²) < 4.78 is 42.8. The molecule has 1 aliphatic heterocycles. The molecule has 1 aliphatic rings. The van der Waals surface area contributed by atoms with E-state index < -0.39 is 11.9 Å². The first-order valence-electron chi connectivity index (χ1n) is 6.08. The summed E-state index contributed by atoms with van der Waals surface area (Å²) in [5.74, 6) is -1.02. The molecule has 112 valence electrons. The molecule has 1 aromatic heterocycles. The van der Waals surface area contributed by atoms with Crippen LogP contribution in [0.15, 0.2) is 34.9 Å². The number of aromatic nitrogens is 1. The number of nitrogens with zero attached hydrogens (tertiary/aromatic N) is 1. The Kier molecular flexibility index (Phi) is 4.39. The Balaban J connectivity index is 0.00000161. The van der Waals surface area contributed by atoms with Crippen molar-refractivity contribution >= 4 is 24.1 Å². The Labute approximate surface area is 125 Å². The quantitative estimate of drug-likeness (QED) is 0.870. The van der Waals surface area contributed by atoms with Crippen LogP contribution in [-0.2, 0) is 12.7 Å². The molecule has 0 saturated heterocycles. The smallest absolute Gasteiger partial charge is 0.351 e. The highest BCUT2D eigenvalue weighted by atomic mass is 35.5. The Morgan fingerprint density at radius 1 is 1.14 bits per heavy atom. The lowest BCUT2D eigenvalue weighted by atomic mass is 10.00. The van der Waals surface area contributed by atoms with Gasteiger partial charge in [-0.25, -0.2) is 0 Å². The molecule has 0 spiro atoms. The van der Waals surface area contributed by atoms with Crippen molar-refractivity contribution in [3.63, 3.8) is 0 Å². The summed E-state index contributed by atoms with van der Waals surface area (Å²) >= 11 is 0. The van der Waals surface area contributed by atoms with Crippen LogP contribution in [-0.4, -0.2) is 11.7 Å². The van der Waals surface area contributed by atoms with Crippen molar-refractivity contribution in [2.75, 3.05) is 6.54 Å². The van der Waals surface area contributed by atoms with Crippen LogP contribution in [0.4, 0.5) is 13.2 Å². The lowest BCUT2D eigenvalue weighted by Gasteiger charge is -2.15. The van der Waals surface area contributed by atoms with E-state index >= 15 is 0 Å². The number of nitrogens with one attached hydrogen (secondary N) is 1. The van der Waals surface area contributed by atoms with E-state index in [1.54, 1.807) is 0 Å². The minimum Gasteiger partial charge on any atom is -0.351 e. The van der Waals surface area contributed by atoms with Crippen molar-refractivity contribution < 1.29 is 17.7 Å². The van der Waals surface area contributed by atoms with E-state index in [2.05, 4.69) is 15.0 Å². The van der Waals surface area contributed by atoms with Gasteiger partial charge in [0.2, 0.25) is 5.76 Å². The van der Waals surface area contributed by atoms with E-state index in [-0.39, 0.29) is 24.5 Å². The van der Waals surface area contributed by atoms with E-state index in [0.29, 0.717) is 17.8 Å². The third-order valence-corrected chi connectivity index (χ3v) is 3.11. The molecule has 2 aromatic rings. The van der Waals surface area contributed by atoms with E-state index in [4.69, 9.17) is 0 Å². The molecular formula is C14H12ClF3N2O. The largest absolute Gasteiger partial charge is 0.452 e. The fraction of sp³-hybridized carbons (Fsp3) is 0.214. The number of hydrogen-bond donors (Lipinski definition) is 1. The van der Waals surface area contributed by atoms with Gasteiger partial charge < -0.3 is 9.84 Å². The Bertz CT molecular complexity index is 650. The van der Waals surface area contributed by atoms with Gasteiger partial charge in [0.05, 0.1) is 0 Å². The highest BCUT2D eigenvalue weighted by Crippen LogP contribution is 2.36. The topological polar surface area (TPSA) is 38.1 Å². The van der Waals surface area contributed by atoms with Crippen molar-refractivity contribution in [3.05, 3.63) is 52.9 Å². The van der Waals surface area contributed by atoms with Gasteiger partial charge >= 0.3 is 6.18 Å². The second-order valence-corrected chi connectivity index (χ2v) is 4.52. The Hall–Kier alpha value is -1.79. The molecule has 0 amide bonds.